The van der Waals surface area contributed by atoms with Gasteiger partial charge in [-0.25, -0.2) is 0 Å². The van der Waals surface area contributed by atoms with Crippen molar-refractivity contribution in [2.24, 2.45) is 5.92 Å². The normalized spacial score (nSPS) is 27.0. The lowest BCUT2D eigenvalue weighted by atomic mass is 9.93. The highest BCUT2D eigenvalue weighted by molar-refractivity contribution is 6.73. The molecule has 0 saturated heterocycles. The van der Waals surface area contributed by atoms with E-state index in [0.29, 0.717) is 6.04 Å². The number of carbonyl (C=O) groups is 1. The zero-order valence-electron chi connectivity index (χ0n) is 10.0. The van der Waals surface area contributed by atoms with E-state index in [1.807, 2.05) is 6.08 Å². The Morgan fingerprint density at radius 1 is 1.33 bits per heavy atom. The smallest absolute Gasteiger partial charge is 0.310 e. The molecule has 2 unspecified atom stereocenters. The van der Waals surface area contributed by atoms with Crippen LogP contribution in [0.2, 0.25) is 19.6 Å². The molecule has 0 bridgehead atoms. The SMILES string of the molecule is CN(C1C=CC(C(=O)O)CC1)[Si](C)(C)C. The summed E-state index contributed by atoms with van der Waals surface area (Å²) in [6, 6.07) is 0.437. The predicted molar refractivity (Wildman–Crippen MR) is 64.4 cm³/mol. The quantitative estimate of drug-likeness (QED) is 0.593. The molecule has 1 rings (SSSR count). The fraction of sp³-hybridized carbons (Fsp3) is 0.727. The van der Waals surface area contributed by atoms with E-state index >= 15 is 0 Å². The Balaban J connectivity index is 2.63. The van der Waals surface area contributed by atoms with E-state index in [1.165, 1.54) is 0 Å². The number of carboxylic acids is 1. The minimum absolute atomic E-state index is 0.267. The van der Waals surface area contributed by atoms with Crippen molar-refractivity contribution in [3.63, 3.8) is 0 Å². The van der Waals surface area contributed by atoms with Crippen LogP contribution in [0.1, 0.15) is 12.8 Å². The average molecular weight is 227 g/mol. The van der Waals surface area contributed by atoms with Crippen molar-refractivity contribution in [3.8, 4) is 0 Å². The lowest BCUT2D eigenvalue weighted by Gasteiger charge is -2.38. The van der Waals surface area contributed by atoms with Crippen molar-refractivity contribution in [1.82, 2.24) is 4.57 Å². The molecule has 0 aliphatic heterocycles. The number of hydrogen-bond donors (Lipinski definition) is 1. The highest BCUT2D eigenvalue weighted by Crippen LogP contribution is 2.23. The average Bonchev–Trinajstić information content (AvgIpc) is 2.15. The first-order chi connectivity index (χ1) is 6.82. The van der Waals surface area contributed by atoms with Gasteiger partial charge in [-0.2, -0.15) is 0 Å². The van der Waals surface area contributed by atoms with Gasteiger partial charge in [-0.05, 0) is 19.9 Å². The third kappa shape index (κ3) is 3.17. The first kappa shape index (κ1) is 12.5. The van der Waals surface area contributed by atoms with Gasteiger partial charge in [-0.3, -0.25) is 4.79 Å². The minimum Gasteiger partial charge on any atom is -0.481 e. The Morgan fingerprint density at radius 3 is 2.27 bits per heavy atom. The molecule has 86 valence electrons. The molecular formula is C11H21NO2Si. The molecule has 0 heterocycles. The van der Waals surface area contributed by atoms with E-state index < -0.39 is 14.2 Å². The van der Waals surface area contributed by atoms with Crippen LogP contribution < -0.4 is 0 Å². The number of nitrogens with zero attached hydrogens (tertiary/aromatic N) is 1. The van der Waals surface area contributed by atoms with E-state index in [9.17, 15) is 4.79 Å². The molecule has 0 aromatic carbocycles. The summed E-state index contributed by atoms with van der Waals surface area (Å²) in [4.78, 5) is 10.8. The van der Waals surface area contributed by atoms with Crippen LogP contribution in [0.25, 0.3) is 0 Å². The monoisotopic (exact) mass is 227 g/mol. The molecule has 0 radical (unpaired) electrons. The summed E-state index contributed by atoms with van der Waals surface area (Å²) < 4.78 is 2.43. The second kappa shape index (κ2) is 4.49. The van der Waals surface area contributed by atoms with Crippen molar-refractivity contribution in [1.29, 1.82) is 0 Å². The molecule has 0 saturated carbocycles. The van der Waals surface area contributed by atoms with Crippen molar-refractivity contribution in [2.45, 2.75) is 38.5 Å². The van der Waals surface area contributed by atoms with Crippen molar-refractivity contribution in [3.05, 3.63) is 12.2 Å². The molecule has 4 heteroatoms. The van der Waals surface area contributed by atoms with Gasteiger partial charge in [0.05, 0.1) is 5.92 Å². The van der Waals surface area contributed by atoms with Crippen LogP contribution in [-0.2, 0) is 4.79 Å². The molecule has 0 amide bonds. The van der Waals surface area contributed by atoms with E-state index in [1.54, 1.807) is 0 Å². The second-order valence-electron chi connectivity index (χ2n) is 5.26. The molecule has 2 atom stereocenters. The number of hydrogen-bond acceptors (Lipinski definition) is 2. The molecule has 0 spiro atoms. The van der Waals surface area contributed by atoms with Crippen molar-refractivity contribution in [2.75, 3.05) is 7.05 Å². The lowest BCUT2D eigenvalue weighted by Crippen LogP contribution is -2.49. The van der Waals surface area contributed by atoms with E-state index in [-0.39, 0.29) is 5.92 Å². The Morgan fingerprint density at radius 2 is 1.93 bits per heavy atom. The van der Waals surface area contributed by atoms with Crippen molar-refractivity contribution >= 4 is 14.2 Å². The van der Waals surface area contributed by atoms with Crippen molar-refractivity contribution < 1.29 is 9.90 Å². The van der Waals surface area contributed by atoms with Gasteiger partial charge in [0.15, 0.2) is 0 Å². The third-order valence-electron chi connectivity index (χ3n) is 3.21. The largest absolute Gasteiger partial charge is 0.481 e. The van der Waals surface area contributed by atoms with Gasteiger partial charge < -0.3 is 9.67 Å². The van der Waals surface area contributed by atoms with E-state index in [4.69, 9.17) is 5.11 Å². The summed E-state index contributed by atoms with van der Waals surface area (Å²) in [6.07, 6.45) is 5.66. The van der Waals surface area contributed by atoms with Gasteiger partial charge in [0.1, 0.15) is 8.24 Å². The Kier molecular flexibility index (Phi) is 3.73. The van der Waals surface area contributed by atoms with Gasteiger partial charge in [-0.15, -0.1) is 0 Å². The van der Waals surface area contributed by atoms with Crippen LogP contribution in [0, 0.1) is 5.92 Å². The number of likely N-dealkylation sites (N-methyl/N-ethyl adjacent to an activating group) is 1. The Bertz CT molecular complexity index is 270. The fourth-order valence-corrected chi connectivity index (χ4v) is 3.04. The summed E-state index contributed by atoms with van der Waals surface area (Å²) in [5.74, 6) is -0.961. The second-order valence-corrected chi connectivity index (χ2v) is 10.3. The summed E-state index contributed by atoms with van der Waals surface area (Å²) >= 11 is 0. The molecule has 0 fully saturated rings. The first-order valence-corrected chi connectivity index (χ1v) is 8.91. The van der Waals surface area contributed by atoms with E-state index in [2.05, 4.69) is 37.3 Å². The molecule has 0 aromatic rings. The zero-order valence-corrected chi connectivity index (χ0v) is 11.0. The summed E-state index contributed by atoms with van der Waals surface area (Å²) in [6.45, 7) is 6.93. The standard InChI is InChI=1S/C11H21NO2Si/c1-12(15(2,3)4)10-7-5-9(6-8-10)11(13)14/h5,7,9-10H,6,8H2,1-4H3,(H,13,14). The maximum absolute atomic E-state index is 10.8. The van der Waals surface area contributed by atoms with Crippen LogP contribution >= 0.6 is 0 Å². The Hall–Kier alpha value is -0.613. The maximum atomic E-state index is 10.8. The lowest BCUT2D eigenvalue weighted by molar-refractivity contribution is -0.140. The van der Waals surface area contributed by atoms with Gasteiger partial charge in [0, 0.05) is 6.04 Å². The minimum atomic E-state index is -1.26. The van der Waals surface area contributed by atoms with E-state index in [0.717, 1.165) is 12.8 Å². The summed E-state index contributed by atoms with van der Waals surface area (Å²) in [7, 11) is 0.893. The topological polar surface area (TPSA) is 40.5 Å². The van der Waals surface area contributed by atoms with Gasteiger partial charge in [0.2, 0.25) is 0 Å². The van der Waals surface area contributed by atoms with Crippen LogP contribution in [0.5, 0.6) is 0 Å². The van der Waals surface area contributed by atoms with Crippen LogP contribution in [-0.4, -0.2) is 37.0 Å². The number of aliphatic carboxylic acids is 1. The van der Waals surface area contributed by atoms with Gasteiger partial charge in [0.25, 0.3) is 0 Å². The molecule has 3 nitrogen and oxygen atoms in total. The highest BCUT2D eigenvalue weighted by Gasteiger charge is 2.29. The molecular weight excluding hydrogens is 206 g/mol. The highest BCUT2D eigenvalue weighted by atomic mass is 28.3. The zero-order chi connectivity index (χ0) is 11.6. The predicted octanol–water partition coefficient (Wildman–Crippen LogP) is 2.17. The van der Waals surface area contributed by atoms with Gasteiger partial charge >= 0.3 is 5.97 Å². The van der Waals surface area contributed by atoms with Crippen LogP contribution in [0.15, 0.2) is 12.2 Å². The number of carboxylic acid groups (broad SMARTS) is 1. The Labute approximate surface area is 92.9 Å². The molecule has 15 heavy (non-hydrogen) atoms. The van der Waals surface area contributed by atoms with Crippen LogP contribution in [0.3, 0.4) is 0 Å². The summed E-state index contributed by atoms with van der Waals surface area (Å²) in [5.41, 5.74) is 0. The molecule has 1 N–H and O–H groups in total. The maximum Gasteiger partial charge on any atom is 0.310 e. The number of rotatable bonds is 3. The fourth-order valence-electron chi connectivity index (χ4n) is 1.83. The summed E-state index contributed by atoms with van der Waals surface area (Å²) in [5, 5.41) is 8.87. The van der Waals surface area contributed by atoms with Gasteiger partial charge in [-0.1, -0.05) is 31.8 Å². The van der Waals surface area contributed by atoms with Crippen LogP contribution in [0.4, 0.5) is 0 Å². The third-order valence-corrected chi connectivity index (χ3v) is 5.66. The molecule has 1 aliphatic carbocycles. The first-order valence-electron chi connectivity index (χ1n) is 5.46. The molecule has 1 aliphatic rings. The molecule has 0 aromatic heterocycles.